The summed E-state index contributed by atoms with van der Waals surface area (Å²) in [5.41, 5.74) is 0.870. The Kier molecular flexibility index (Phi) is 4.32. The maximum atomic E-state index is 11.9. The van der Waals surface area contributed by atoms with Crippen molar-refractivity contribution in [1.29, 1.82) is 0 Å². The largest absolute Gasteiger partial charge is 0.378 e. The number of carbonyl (C=O) groups is 1. The molecule has 1 amide bonds. The highest BCUT2D eigenvalue weighted by Crippen LogP contribution is 2.14. The number of pyridine rings is 1. The third kappa shape index (κ3) is 3.13. The van der Waals surface area contributed by atoms with E-state index in [-0.39, 0.29) is 5.56 Å². The average molecular weight is 272 g/mol. The van der Waals surface area contributed by atoms with Crippen molar-refractivity contribution in [2.24, 2.45) is 0 Å². The van der Waals surface area contributed by atoms with Crippen LogP contribution in [-0.2, 0) is 11.3 Å². The molecule has 0 bridgehead atoms. The first-order valence-corrected chi connectivity index (χ1v) is 6.36. The number of aliphatic hydroxyl groups excluding tert-OH is 1. The molecule has 0 aliphatic rings. The number of hydrogen-bond donors (Lipinski definition) is 2. The lowest BCUT2D eigenvalue weighted by Gasteiger charge is -2.12. The molecule has 1 atom stereocenters. The summed E-state index contributed by atoms with van der Waals surface area (Å²) in [6.45, 7) is 2.36. The van der Waals surface area contributed by atoms with Crippen LogP contribution in [0.5, 0.6) is 0 Å². The Morgan fingerprint density at radius 3 is 2.60 bits per heavy atom. The second kappa shape index (κ2) is 6.16. The number of anilines is 1. The number of nitrogens with one attached hydrogen (secondary N) is 1. The number of aryl methyl sites for hydroxylation is 1. The van der Waals surface area contributed by atoms with Gasteiger partial charge in [0.05, 0.1) is 5.69 Å². The van der Waals surface area contributed by atoms with E-state index in [4.69, 9.17) is 0 Å². The fourth-order valence-electron chi connectivity index (χ4n) is 1.85. The molecule has 0 aliphatic heterocycles. The fourth-order valence-corrected chi connectivity index (χ4v) is 1.85. The van der Waals surface area contributed by atoms with Gasteiger partial charge in [0.25, 0.3) is 11.5 Å². The van der Waals surface area contributed by atoms with E-state index in [1.807, 2.05) is 13.0 Å². The summed E-state index contributed by atoms with van der Waals surface area (Å²) < 4.78 is 1.48. The second-order valence-corrected chi connectivity index (χ2v) is 4.34. The number of nitrogens with zero attached hydrogens (tertiary/aromatic N) is 1. The number of rotatable bonds is 4. The van der Waals surface area contributed by atoms with Crippen LogP contribution in [0.15, 0.2) is 53.5 Å². The normalized spacial score (nSPS) is 11.9. The van der Waals surface area contributed by atoms with Gasteiger partial charge >= 0.3 is 0 Å². The number of aromatic nitrogens is 1. The van der Waals surface area contributed by atoms with Crippen molar-refractivity contribution in [3.63, 3.8) is 0 Å². The lowest BCUT2D eigenvalue weighted by atomic mass is 10.1. The molecule has 0 saturated carbocycles. The third-order valence-electron chi connectivity index (χ3n) is 2.96. The molecular formula is C15H16N2O3. The van der Waals surface area contributed by atoms with Crippen LogP contribution in [0.1, 0.15) is 18.6 Å². The van der Waals surface area contributed by atoms with Crippen LogP contribution in [0.3, 0.4) is 0 Å². The lowest BCUT2D eigenvalue weighted by molar-refractivity contribution is -0.124. The van der Waals surface area contributed by atoms with Crippen LogP contribution in [0.4, 0.5) is 5.69 Å². The quantitative estimate of drug-likeness (QED) is 0.887. The minimum absolute atomic E-state index is 0.130. The van der Waals surface area contributed by atoms with Gasteiger partial charge in [-0.25, -0.2) is 0 Å². The van der Waals surface area contributed by atoms with E-state index in [2.05, 4.69) is 5.32 Å². The van der Waals surface area contributed by atoms with Gasteiger partial charge in [-0.2, -0.15) is 0 Å². The first-order valence-electron chi connectivity index (χ1n) is 6.36. The van der Waals surface area contributed by atoms with Crippen LogP contribution in [0.2, 0.25) is 0 Å². The van der Waals surface area contributed by atoms with E-state index in [0.29, 0.717) is 17.8 Å². The summed E-state index contributed by atoms with van der Waals surface area (Å²) in [5.74, 6) is -0.530. The molecule has 0 spiro atoms. The van der Waals surface area contributed by atoms with Gasteiger partial charge in [-0.3, -0.25) is 9.59 Å². The minimum atomic E-state index is -1.24. The maximum Gasteiger partial charge on any atom is 0.257 e. The van der Waals surface area contributed by atoms with E-state index in [1.54, 1.807) is 30.5 Å². The van der Waals surface area contributed by atoms with Crippen LogP contribution in [-0.4, -0.2) is 15.6 Å². The molecule has 1 heterocycles. The van der Waals surface area contributed by atoms with Crippen LogP contribution in [0, 0.1) is 0 Å². The molecular weight excluding hydrogens is 256 g/mol. The molecule has 0 radical (unpaired) electrons. The number of amides is 1. The van der Waals surface area contributed by atoms with Gasteiger partial charge in [0, 0.05) is 18.8 Å². The number of benzene rings is 1. The first-order chi connectivity index (χ1) is 9.61. The Morgan fingerprint density at radius 2 is 1.95 bits per heavy atom. The molecule has 5 heteroatoms. The topological polar surface area (TPSA) is 71.3 Å². The van der Waals surface area contributed by atoms with Crippen molar-refractivity contribution < 1.29 is 9.90 Å². The third-order valence-corrected chi connectivity index (χ3v) is 2.96. The molecule has 20 heavy (non-hydrogen) atoms. The van der Waals surface area contributed by atoms with E-state index in [9.17, 15) is 14.7 Å². The molecule has 1 aromatic carbocycles. The second-order valence-electron chi connectivity index (χ2n) is 4.34. The van der Waals surface area contributed by atoms with Crippen molar-refractivity contribution in [1.82, 2.24) is 4.57 Å². The fraction of sp³-hybridized carbons (Fsp3) is 0.200. The van der Waals surface area contributed by atoms with Gasteiger partial charge < -0.3 is 15.0 Å². The molecule has 2 aromatic rings. The Hall–Kier alpha value is -2.40. The van der Waals surface area contributed by atoms with Gasteiger partial charge in [0.15, 0.2) is 6.10 Å². The highest BCUT2D eigenvalue weighted by Gasteiger charge is 2.17. The molecule has 5 nitrogen and oxygen atoms in total. The smallest absolute Gasteiger partial charge is 0.257 e. The molecule has 0 fully saturated rings. The van der Waals surface area contributed by atoms with Gasteiger partial charge in [-0.15, -0.1) is 0 Å². The zero-order chi connectivity index (χ0) is 14.5. The van der Waals surface area contributed by atoms with Crippen LogP contribution in [0.25, 0.3) is 0 Å². The monoisotopic (exact) mass is 272 g/mol. The average Bonchev–Trinajstić information content (AvgIpc) is 2.49. The Morgan fingerprint density at radius 1 is 1.25 bits per heavy atom. The van der Waals surface area contributed by atoms with Crippen molar-refractivity contribution in [2.45, 2.75) is 19.6 Å². The molecule has 0 saturated heterocycles. The van der Waals surface area contributed by atoms with Crippen molar-refractivity contribution in [2.75, 3.05) is 5.32 Å². The van der Waals surface area contributed by atoms with Crippen LogP contribution >= 0.6 is 0 Å². The Balaban J connectivity index is 2.14. The number of carbonyl (C=O) groups excluding carboxylic acids is 1. The standard InChI is InChI=1S/C15H16N2O3/c1-2-17-10-12(8-9-13(17)18)16-15(20)14(19)11-6-4-3-5-7-11/h3-10,14,19H,2H2,1H3,(H,16,20). The van der Waals surface area contributed by atoms with Gasteiger partial charge in [0.2, 0.25) is 0 Å². The first kappa shape index (κ1) is 14.0. The predicted octanol–water partition coefficient (Wildman–Crippen LogP) is 1.54. The molecule has 1 unspecified atom stereocenters. The summed E-state index contributed by atoms with van der Waals surface area (Å²) in [5, 5.41) is 12.5. The van der Waals surface area contributed by atoms with Gasteiger partial charge in [-0.05, 0) is 18.6 Å². The van der Waals surface area contributed by atoms with E-state index in [1.165, 1.54) is 16.7 Å². The Bertz CT molecular complexity index is 650. The minimum Gasteiger partial charge on any atom is -0.378 e. The lowest BCUT2D eigenvalue weighted by Crippen LogP contribution is -2.23. The molecule has 2 rings (SSSR count). The summed E-state index contributed by atoms with van der Waals surface area (Å²) in [7, 11) is 0. The van der Waals surface area contributed by atoms with E-state index in [0.717, 1.165) is 0 Å². The highest BCUT2D eigenvalue weighted by atomic mass is 16.3. The van der Waals surface area contributed by atoms with E-state index < -0.39 is 12.0 Å². The summed E-state index contributed by atoms with van der Waals surface area (Å²) >= 11 is 0. The zero-order valence-electron chi connectivity index (χ0n) is 11.1. The maximum absolute atomic E-state index is 11.9. The SMILES string of the molecule is CCn1cc(NC(=O)C(O)c2ccccc2)ccc1=O. The van der Waals surface area contributed by atoms with Crippen molar-refractivity contribution in [3.05, 3.63) is 64.6 Å². The number of hydrogen-bond acceptors (Lipinski definition) is 3. The highest BCUT2D eigenvalue weighted by molar-refractivity contribution is 5.94. The van der Waals surface area contributed by atoms with Crippen LogP contribution < -0.4 is 10.9 Å². The molecule has 2 N–H and O–H groups in total. The van der Waals surface area contributed by atoms with Gasteiger partial charge in [0.1, 0.15) is 0 Å². The van der Waals surface area contributed by atoms with Crippen molar-refractivity contribution >= 4 is 11.6 Å². The summed E-state index contributed by atoms with van der Waals surface area (Å²) in [6.07, 6.45) is 0.316. The molecule has 0 aliphatic carbocycles. The number of aliphatic hydroxyl groups is 1. The molecule has 104 valence electrons. The Labute approximate surface area is 116 Å². The molecule has 1 aromatic heterocycles. The predicted molar refractivity (Wildman–Crippen MR) is 76.4 cm³/mol. The van der Waals surface area contributed by atoms with Crippen molar-refractivity contribution in [3.8, 4) is 0 Å². The summed E-state index contributed by atoms with van der Waals surface area (Å²) in [6, 6.07) is 11.6. The summed E-state index contributed by atoms with van der Waals surface area (Å²) in [4.78, 5) is 23.4. The zero-order valence-corrected chi connectivity index (χ0v) is 11.1. The van der Waals surface area contributed by atoms with Gasteiger partial charge in [-0.1, -0.05) is 30.3 Å². The van der Waals surface area contributed by atoms with E-state index >= 15 is 0 Å².